The Balaban J connectivity index is 1.68. The van der Waals surface area contributed by atoms with Gasteiger partial charge in [-0.15, -0.1) is 0 Å². The van der Waals surface area contributed by atoms with Gasteiger partial charge in [0.15, 0.2) is 0 Å². The summed E-state index contributed by atoms with van der Waals surface area (Å²) in [5, 5.41) is 11.2. The van der Waals surface area contributed by atoms with Gasteiger partial charge in [0.1, 0.15) is 6.10 Å². The van der Waals surface area contributed by atoms with E-state index in [1.54, 1.807) is 0 Å². The molecule has 3 heteroatoms. The summed E-state index contributed by atoms with van der Waals surface area (Å²) < 4.78 is 5.43. The molecular weight excluding hydrogens is 264 g/mol. The lowest BCUT2D eigenvalue weighted by Crippen LogP contribution is -2.46. The van der Waals surface area contributed by atoms with E-state index < -0.39 is 5.60 Å². The Morgan fingerprint density at radius 3 is 3.05 bits per heavy atom. The highest BCUT2D eigenvalue weighted by molar-refractivity contribution is 5.70. The van der Waals surface area contributed by atoms with E-state index in [0.29, 0.717) is 12.3 Å². The van der Waals surface area contributed by atoms with Gasteiger partial charge in [-0.25, -0.2) is 0 Å². The number of esters is 1. The number of allylic oxidation sites excluding steroid dienone is 2. The minimum absolute atomic E-state index is 0.0557. The summed E-state index contributed by atoms with van der Waals surface area (Å²) in [5.74, 6) is 0.569. The molecule has 0 saturated carbocycles. The third-order valence-electron chi connectivity index (χ3n) is 5.46. The maximum Gasteiger partial charge on any atom is 0.306 e. The first-order chi connectivity index (χ1) is 10.1. The Labute approximate surface area is 127 Å². The van der Waals surface area contributed by atoms with Crippen LogP contribution in [0.4, 0.5) is 0 Å². The van der Waals surface area contributed by atoms with Crippen LogP contribution in [0, 0.1) is 11.8 Å². The van der Waals surface area contributed by atoms with Gasteiger partial charge in [-0.2, -0.15) is 0 Å². The van der Waals surface area contributed by atoms with Crippen molar-refractivity contribution in [1.29, 1.82) is 0 Å². The van der Waals surface area contributed by atoms with E-state index in [0.717, 1.165) is 50.5 Å². The van der Waals surface area contributed by atoms with Crippen LogP contribution in [0.15, 0.2) is 23.8 Å². The van der Waals surface area contributed by atoms with Crippen LogP contribution in [-0.4, -0.2) is 22.8 Å². The fourth-order valence-corrected chi connectivity index (χ4v) is 4.23. The second-order valence-corrected chi connectivity index (χ2v) is 6.88. The fourth-order valence-electron chi connectivity index (χ4n) is 4.23. The van der Waals surface area contributed by atoms with Gasteiger partial charge in [0, 0.05) is 6.42 Å². The standard InChI is InChI=1S/C18H26O3/c1-13-8-9-14-5-2-3-12-18(14,20)16(13)11-10-15-6-4-7-17(19)21-15/h5,8-9,13,15-16,20H,2-4,6-7,10-12H2,1H3. The molecule has 0 aromatic rings. The summed E-state index contributed by atoms with van der Waals surface area (Å²) in [6, 6.07) is 0. The first-order valence-corrected chi connectivity index (χ1v) is 8.40. The van der Waals surface area contributed by atoms with E-state index in [1.807, 2.05) is 0 Å². The van der Waals surface area contributed by atoms with E-state index in [2.05, 4.69) is 25.2 Å². The van der Waals surface area contributed by atoms with Crippen molar-refractivity contribution in [3.63, 3.8) is 0 Å². The first kappa shape index (κ1) is 14.8. The van der Waals surface area contributed by atoms with E-state index in [4.69, 9.17) is 4.74 Å². The van der Waals surface area contributed by atoms with E-state index in [9.17, 15) is 9.90 Å². The molecular formula is C18H26O3. The molecule has 0 radical (unpaired) electrons. The minimum atomic E-state index is -0.662. The first-order valence-electron chi connectivity index (χ1n) is 8.40. The van der Waals surface area contributed by atoms with Crippen molar-refractivity contribution in [3.8, 4) is 0 Å². The molecule has 1 heterocycles. The predicted molar refractivity (Wildman–Crippen MR) is 81.6 cm³/mol. The molecule has 0 amide bonds. The second-order valence-electron chi connectivity index (χ2n) is 6.88. The maximum atomic E-state index is 11.4. The van der Waals surface area contributed by atoms with Crippen LogP contribution < -0.4 is 0 Å². The van der Waals surface area contributed by atoms with Crippen LogP contribution in [0.5, 0.6) is 0 Å². The van der Waals surface area contributed by atoms with Crippen LogP contribution in [0.1, 0.15) is 58.3 Å². The monoisotopic (exact) mass is 290 g/mol. The number of rotatable bonds is 3. The van der Waals surface area contributed by atoms with E-state index >= 15 is 0 Å². The Kier molecular flexibility index (Phi) is 4.21. The lowest BCUT2D eigenvalue weighted by Gasteiger charge is -2.45. The molecule has 0 aromatic carbocycles. The minimum Gasteiger partial charge on any atom is -0.462 e. The number of carbonyl (C=O) groups excluding carboxylic acids is 1. The highest BCUT2D eigenvalue weighted by Crippen LogP contribution is 2.45. The quantitative estimate of drug-likeness (QED) is 0.809. The zero-order chi connectivity index (χ0) is 14.9. The van der Waals surface area contributed by atoms with Gasteiger partial charge in [-0.1, -0.05) is 25.2 Å². The number of hydrogen-bond donors (Lipinski definition) is 1. The molecule has 4 unspecified atom stereocenters. The lowest BCUT2D eigenvalue weighted by molar-refractivity contribution is -0.154. The summed E-state index contributed by atoms with van der Waals surface area (Å²) >= 11 is 0. The third kappa shape index (κ3) is 2.94. The predicted octanol–water partition coefficient (Wildman–Crippen LogP) is 3.53. The van der Waals surface area contributed by atoms with Gasteiger partial charge in [-0.05, 0) is 62.4 Å². The molecule has 0 spiro atoms. The Morgan fingerprint density at radius 2 is 2.24 bits per heavy atom. The molecule has 1 fully saturated rings. The number of hydrogen-bond acceptors (Lipinski definition) is 3. The molecule has 0 aromatic heterocycles. The molecule has 21 heavy (non-hydrogen) atoms. The van der Waals surface area contributed by atoms with Crippen molar-refractivity contribution < 1.29 is 14.6 Å². The maximum absolute atomic E-state index is 11.4. The van der Waals surface area contributed by atoms with Gasteiger partial charge in [0.2, 0.25) is 0 Å². The van der Waals surface area contributed by atoms with Crippen LogP contribution in [0.25, 0.3) is 0 Å². The van der Waals surface area contributed by atoms with E-state index in [-0.39, 0.29) is 18.0 Å². The molecule has 3 aliphatic rings. The zero-order valence-electron chi connectivity index (χ0n) is 12.9. The molecule has 1 aliphatic heterocycles. The molecule has 3 nitrogen and oxygen atoms in total. The van der Waals surface area contributed by atoms with Crippen LogP contribution in [0.2, 0.25) is 0 Å². The molecule has 116 valence electrons. The van der Waals surface area contributed by atoms with Crippen molar-refractivity contribution >= 4 is 5.97 Å². The topological polar surface area (TPSA) is 46.5 Å². The van der Waals surface area contributed by atoms with Gasteiger partial charge >= 0.3 is 5.97 Å². The van der Waals surface area contributed by atoms with Crippen LogP contribution in [0.3, 0.4) is 0 Å². The molecule has 4 atom stereocenters. The second kappa shape index (κ2) is 5.96. The largest absolute Gasteiger partial charge is 0.462 e. The average Bonchev–Trinajstić information content (AvgIpc) is 2.46. The Morgan fingerprint density at radius 1 is 1.38 bits per heavy atom. The van der Waals surface area contributed by atoms with Gasteiger partial charge in [0.25, 0.3) is 0 Å². The number of aliphatic hydroxyl groups is 1. The molecule has 2 aliphatic carbocycles. The highest BCUT2D eigenvalue weighted by atomic mass is 16.5. The molecule has 0 bridgehead atoms. The van der Waals surface area contributed by atoms with Crippen LogP contribution >= 0.6 is 0 Å². The van der Waals surface area contributed by atoms with Gasteiger partial charge in [-0.3, -0.25) is 4.79 Å². The summed E-state index contributed by atoms with van der Waals surface area (Å²) in [6.45, 7) is 2.19. The van der Waals surface area contributed by atoms with Gasteiger partial charge in [0.05, 0.1) is 5.60 Å². The summed E-state index contributed by atoms with van der Waals surface area (Å²) in [7, 11) is 0. The third-order valence-corrected chi connectivity index (χ3v) is 5.46. The van der Waals surface area contributed by atoms with E-state index in [1.165, 1.54) is 0 Å². The smallest absolute Gasteiger partial charge is 0.306 e. The summed E-state index contributed by atoms with van der Waals surface area (Å²) in [4.78, 5) is 11.4. The average molecular weight is 290 g/mol. The highest BCUT2D eigenvalue weighted by Gasteiger charge is 2.44. The van der Waals surface area contributed by atoms with Crippen molar-refractivity contribution in [1.82, 2.24) is 0 Å². The summed E-state index contributed by atoms with van der Waals surface area (Å²) in [5.41, 5.74) is 0.447. The number of carbonyl (C=O) groups is 1. The summed E-state index contributed by atoms with van der Waals surface area (Å²) in [6.07, 6.45) is 13.9. The zero-order valence-corrected chi connectivity index (χ0v) is 12.9. The van der Waals surface area contributed by atoms with Crippen molar-refractivity contribution in [2.75, 3.05) is 0 Å². The molecule has 1 saturated heterocycles. The van der Waals surface area contributed by atoms with Crippen molar-refractivity contribution in [2.24, 2.45) is 11.8 Å². The van der Waals surface area contributed by atoms with Crippen LogP contribution in [-0.2, 0) is 9.53 Å². The number of ether oxygens (including phenoxy) is 1. The van der Waals surface area contributed by atoms with Crippen molar-refractivity contribution in [3.05, 3.63) is 23.8 Å². The lowest BCUT2D eigenvalue weighted by atomic mass is 9.64. The fraction of sp³-hybridized carbons (Fsp3) is 0.722. The Bertz CT molecular complexity index is 465. The van der Waals surface area contributed by atoms with Crippen molar-refractivity contribution in [2.45, 2.75) is 70.0 Å². The van der Waals surface area contributed by atoms with Gasteiger partial charge < -0.3 is 9.84 Å². The molecule has 3 rings (SSSR count). The SMILES string of the molecule is CC1C=CC2=CCCCC2(O)C1CCC1CCCC(=O)O1. The number of fused-ring (bicyclic) bond motifs is 1. The molecule has 1 N–H and O–H groups in total. The Hall–Kier alpha value is -1.09. The number of cyclic esters (lactones) is 1. The normalized spacial score (nSPS) is 39.4.